The summed E-state index contributed by atoms with van der Waals surface area (Å²) in [6.45, 7) is 5.02. The number of para-hydroxylation sites is 1. The van der Waals surface area contributed by atoms with Crippen molar-refractivity contribution in [2.45, 2.75) is 40.0 Å². The van der Waals surface area contributed by atoms with Crippen molar-refractivity contribution in [3.05, 3.63) is 59.1 Å². The molecule has 0 spiro atoms. The molecule has 6 nitrogen and oxygen atoms in total. The molecule has 3 aromatic rings. The van der Waals surface area contributed by atoms with Gasteiger partial charge >= 0.3 is 5.97 Å². The lowest BCUT2D eigenvalue weighted by atomic mass is 9.79. The SMILES string of the molecule is CCC(CC)(Cc1nc2ccccc2s1)C(=O)OCC(=O)Nc1ccc(C(C)=O)cc1. The minimum absolute atomic E-state index is 0.0459. The molecule has 2 aromatic carbocycles. The van der Waals surface area contributed by atoms with E-state index >= 15 is 0 Å². The number of rotatable bonds is 9. The zero-order valence-corrected chi connectivity index (χ0v) is 18.8. The van der Waals surface area contributed by atoms with Gasteiger partial charge in [-0.25, -0.2) is 4.98 Å². The molecule has 1 heterocycles. The van der Waals surface area contributed by atoms with Crippen LogP contribution in [0.1, 0.15) is 49.0 Å². The Labute approximate surface area is 185 Å². The normalized spacial score (nSPS) is 11.3. The van der Waals surface area contributed by atoms with E-state index in [2.05, 4.69) is 10.3 Å². The minimum atomic E-state index is -0.725. The summed E-state index contributed by atoms with van der Waals surface area (Å²) in [6.07, 6.45) is 1.66. The maximum absolute atomic E-state index is 13.0. The third kappa shape index (κ3) is 5.35. The number of ketones is 1. The maximum atomic E-state index is 13.0. The molecular formula is C24H26N2O4S. The highest BCUT2D eigenvalue weighted by molar-refractivity contribution is 7.18. The maximum Gasteiger partial charge on any atom is 0.312 e. The van der Waals surface area contributed by atoms with E-state index in [-0.39, 0.29) is 18.4 Å². The van der Waals surface area contributed by atoms with Gasteiger partial charge in [-0.05, 0) is 56.2 Å². The van der Waals surface area contributed by atoms with Gasteiger partial charge < -0.3 is 10.1 Å². The van der Waals surface area contributed by atoms with E-state index < -0.39 is 11.3 Å². The molecule has 0 aliphatic heterocycles. The predicted octanol–water partition coefficient (Wildman–Crippen LogP) is 5.03. The first-order valence-corrected chi connectivity index (χ1v) is 11.1. The van der Waals surface area contributed by atoms with Crippen LogP contribution in [0.2, 0.25) is 0 Å². The standard InChI is InChI=1S/C24H26N2O4S/c1-4-24(5-2,14-22-26-19-8-6-7-9-20(19)31-22)23(29)30-15-21(28)25-18-12-10-17(11-13-18)16(3)27/h6-13H,4-5,14-15H2,1-3H3,(H,25,28). The van der Waals surface area contributed by atoms with Gasteiger partial charge in [0.1, 0.15) is 0 Å². The molecule has 0 atom stereocenters. The molecule has 31 heavy (non-hydrogen) atoms. The van der Waals surface area contributed by atoms with Crippen LogP contribution in [0.5, 0.6) is 0 Å². The van der Waals surface area contributed by atoms with Crippen molar-refractivity contribution in [1.29, 1.82) is 0 Å². The highest BCUT2D eigenvalue weighted by Crippen LogP contribution is 2.35. The van der Waals surface area contributed by atoms with Crippen LogP contribution >= 0.6 is 11.3 Å². The van der Waals surface area contributed by atoms with Gasteiger partial charge in [-0.15, -0.1) is 11.3 Å². The van der Waals surface area contributed by atoms with Crippen molar-refractivity contribution < 1.29 is 19.1 Å². The van der Waals surface area contributed by atoms with Gasteiger partial charge in [-0.2, -0.15) is 0 Å². The zero-order valence-electron chi connectivity index (χ0n) is 17.9. The van der Waals surface area contributed by atoms with Gasteiger partial charge in [0.2, 0.25) is 0 Å². The molecule has 7 heteroatoms. The first-order chi connectivity index (χ1) is 14.9. The van der Waals surface area contributed by atoms with Crippen LogP contribution in [0, 0.1) is 5.41 Å². The molecule has 0 saturated carbocycles. The average Bonchev–Trinajstić information content (AvgIpc) is 3.18. The quantitative estimate of drug-likeness (QED) is 0.374. The van der Waals surface area contributed by atoms with Crippen molar-refractivity contribution in [3.8, 4) is 0 Å². The Morgan fingerprint density at radius 2 is 1.71 bits per heavy atom. The zero-order chi connectivity index (χ0) is 22.4. The summed E-state index contributed by atoms with van der Waals surface area (Å²) >= 11 is 1.58. The molecule has 1 aromatic heterocycles. The van der Waals surface area contributed by atoms with E-state index in [4.69, 9.17) is 4.74 Å². The van der Waals surface area contributed by atoms with E-state index in [0.29, 0.717) is 30.5 Å². The van der Waals surface area contributed by atoms with E-state index in [9.17, 15) is 14.4 Å². The van der Waals surface area contributed by atoms with E-state index in [1.807, 2.05) is 38.1 Å². The molecule has 162 valence electrons. The fourth-order valence-corrected chi connectivity index (χ4v) is 4.53. The molecular weight excluding hydrogens is 412 g/mol. The van der Waals surface area contributed by atoms with Gasteiger partial charge in [0.05, 0.1) is 20.6 Å². The number of thiazole rings is 1. The number of Topliss-reactive ketones (excluding diaryl/α,β-unsaturated/α-hetero) is 1. The summed E-state index contributed by atoms with van der Waals surface area (Å²) < 4.78 is 6.49. The van der Waals surface area contributed by atoms with E-state index in [0.717, 1.165) is 15.2 Å². The summed E-state index contributed by atoms with van der Waals surface area (Å²) in [5, 5.41) is 3.57. The first-order valence-electron chi connectivity index (χ1n) is 10.3. The molecule has 1 amide bonds. The Kier molecular flexibility index (Phi) is 7.17. The monoisotopic (exact) mass is 438 g/mol. The highest BCUT2D eigenvalue weighted by atomic mass is 32.1. The van der Waals surface area contributed by atoms with Gasteiger partial charge in [0.15, 0.2) is 12.4 Å². The fraction of sp³-hybridized carbons (Fsp3) is 0.333. The molecule has 1 N–H and O–H groups in total. The molecule has 0 bridgehead atoms. The Morgan fingerprint density at radius 3 is 2.32 bits per heavy atom. The summed E-state index contributed by atoms with van der Waals surface area (Å²) in [7, 11) is 0. The van der Waals surface area contributed by atoms with Gasteiger partial charge in [-0.1, -0.05) is 26.0 Å². The number of anilines is 1. The summed E-state index contributed by atoms with van der Waals surface area (Å²) in [6, 6.07) is 14.5. The van der Waals surface area contributed by atoms with Crippen molar-refractivity contribution in [1.82, 2.24) is 4.98 Å². The topological polar surface area (TPSA) is 85.4 Å². The van der Waals surface area contributed by atoms with Crippen molar-refractivity contribution in [2.24, 2.45) is 5.41 Å². The minimum Gasteiger partial charge on any atom is -0.455 e. The van der Waals surface area contributed by atoms with Crippen LogP contribution in [0.25, 0.3) is 10.2 Å². The molecule has 0 unspecified atom stereocenters. The second-order valence-corrected chi connectivity index (χ2v) is 8.61. The first kappa shape index (κ1) is 22.6. The molecule has 0 aliphatic carbocycles. The Balaban J connectivity index is 1.62. The number of amides is 1. The van der Waals surface area contributed by atoms with Gasteiger partial charge in [0.25, 0.3) is 5.91 Å². The van der Waals surface area contributed by atoms with Crippen molar-refractivity contribution in [3.63, 3.8) is 0 Å². The predicted molar refractivity (Wildman–Crippen MR) is 122 cm³/mol. The summed E-state index contributed by atoms with van der Waals surface area (Å²) in [4.78, 5) is 41.2. The van der Waals surface area contributed by atoms with Gasteiger partial charge in [-0.3, -0.25) is 14.4 Å². The van der Waals surface area contributed by atoms with Crippen LogP contribution in [0.4, 0.5) is 5.69 Å². The second-order valence-electron chi connectivity index (χ2n) is 7.50. The van der Waals surface area contributed by atoms with E-state index in [1.54, 1.807) is 35.6 Å². The van der Waals surface area contributed by atoms with E-state index in [1.165, 1.54) is 6.92 Å². The number of ether oxygens (including phenoxy) is 1. The van der Waals surface area contributed by atoms with Crippen LogP contribution < -0.4 is 5.32 Å². The smallest absolute Gasteiger partial charge is 0.312 e. The number of hydrogen-bond acceptors (Lipinski definition) is 6. The number of nitrogens with zero attached hydrogens (tertiary/aromatic N) is 1. The van der Waals surface area contributed by atoms with Crippen molar-refractivity contribution >= 4 is 44.9 Å². The summed E-state index contributed by atoms with van der Waals surface area (Å²) in [5.74, 6) is -0.862. The third-order valence-corrected chi connectivity index (χ3v) is 6.56. The van der Waals surface area contributed by atoms with Gasteiger partial charge in [0, 0.05) is 17.7 Å². The Morgan fingerprint density at radius 1 is 1.03 bits per heavy atom. The highest BCUT2D eigenvalue weighted by Gasteiger charge is 2.38. The number of hydrogen-bond donors (Lipinski definition) is 1. The fourth-order valence-electron chi connectivity index (χ4n) is 3.42. The third-order valence-electron chi connectivity index (χ3n) is 5.52. The van der Waals surface area contributed by atoms with Crippen LogP contribution in [0.15, 0.2) is 48.5 Å². The van der Waals surface area contributed by atoms with Crippen LogP contribution in [-0.4, -0.2) is 29.3 Å². The average molecular weight is 439 g/mol. The van der Waals surface area contributed by atoms with Crippen LogP contribution in [-0.2, 0) is 20.7 Å². The number of carbonyl (C=O) groups is 3. The largest absolute Gasteiger partial charge is 0.455 e. The molecule has 0 radical (unpaired) electrons. The van der Waals surface area contributed by atoms with Crippen LogP contribution in [0.3, 0.4) is 0 Å². The van der Waals surface area contributed by atoms with Crippen molar-refractivity contribution in [2.75, 3.05) is 11.9 Å². The number of nitrogens with one attached hydrogen (secondary N) is 1. The Hall–Kier alpha value is -3.06. The number of fused-ring (bicyclic) bond motifs is 1. The second kappa shape index (κ2) is 9.83. The molecule has 0 aliphatic rings. The molecule has 3 rings (SSSR count). The number of benzene rings is 2. The lowest BCUT2D eigenvalue weighted by Gasteiger charge is -2.28. The number of aromatic nitrogens is 1. The lowest BCUT2D eigenvalue weighted by Crippen LogP contribution is -2.36. The number of carbonyl (C=O) groups excluding carboxylic acids is 3. The molecule has 0 fully saturated rings. The Bertz CT molecular complexity index is 1050. The molecule has 0 saturated heterocycles. The summed E-state index contributed by atoms with van der Waals surface area (Å²) in [5.41, 5.74) is 1.30. The lowest BCUT2D eigenvalue weighted by molar-refractivity contribution is -0.158. The number of esters is 1.